The number of hydrogen-bond acceptors (Lipinski definition) is 3. The van der Waals surface area contributed by atoms with E-state index in [1.54, 1.807) is 0 Å². The second-order valence-electron chi connectivity index (χ2n) is 5.08. The summed E-state index contributed by atoms with van der Waals surface area (Å²) >= 11 is 10.7. The molecule has 3 nitrogen and oxygen atoms in total. The van der Waals surface area contributed by atoms with Gasteiger partial charge in [0.25, 0.3) is 0 Å². The Hall–Kier alpha value is -2.26. The Morgan fingerprint density at radius 3 is 1.96 bits per heavy atom. The van der Waals surface area contributed by atoms with Gasteiger partial charge in [0, 0.05) is 0 Å². The highest BCUT2D eigenvalue weighted by Gasteiger charge is 2.35. The van der Waals surface area contributed by atoms with Gasteiger partial charge in [-0.2, -0.15) is 13.2 Å². The SMILES string of the molecule is FC(F)(F)Oc1ccc(Oc2ccc(OCC=C(Cl)Cl)c(C(F)(F)F)c2)cc1. The van der Waals surface area contributed by atoms with Crippen molar-refractivity contribution in [3.8, 4) is 23.0 Å². The molecular weight excluding hydrogens is 437 g/mol. The molecule has 0 amide bonds. The van der Waals surface area contributed by atoms with E-state index in [0.29, 0.717) is 6.07 Å². The molecule has 0 aliphatic carbocycles. The van der Waals surface area contributed by atoms with Gasteiger partial charge in [0.1, 0.15) is 39.7 Å². The first-order valence-electron chi connectivity index (χ1n) is 7.33. The third kappa shape index (κ3) is 7.05. The first kappa shape index (κ1) is 22.0. The highest BCUT2D eigenvalue weighted by atomic mass is 35.5. The van der Waals surface area contributed by atoms with E-state index >= 15 is 0 Å². The average Bonchev–Trinajstić information content (AvgIpc) is 2.55. The van der Waals surface area contributed by atoms with Gasteiger partial charge in [0.2, 0.25) is 0 Å². The summed E-state index contributed by atoms with van der Waals surface area (Å²) in [7, 11) is 0. The summed E-state index contributed by atoms with van der Waals surface area (Å²) in [5.41, 5.74) is -1.11. The van der Waals surface area contributed by atoms with Crippen LogP contribution in [0.15, 0.2) is 53.0 Å². The van der Waals surface area contributed by atoms with Crippen molar-refractivity contribution in [3.63, 3.8) is 0 Å². The molecule has 11 heteroatoms. The highest BCUT2D eigenvalue weighted by Crippen LogP contribution is 2.39. The molecule has 0 fully saturated rings. The largest absolute Gasteiger partial charge is 0.573 e. The number of rotatable bonds is 6. The molecule has 0 aliphatic heterocycles. The first-order chi connectivity index (χ1) is 12.9. The molecule has 0 heterocycles. The molecule has 2 aromatic carbocycles. The average molecular weight is 447 g/mol. The Labute approximate surface area is 165 Å². The lowest BCUT2D eigenvalue weighted by atomic mass is 10.2. The van der Waals surface area contributed by atoms with Crippen LogP contribution < -0.4 is 14.2 Å². The van der Waals surface area contributed by atoms with Gasteiger partial charge >= 0.3 is 12.5 Å². The van der Waals surface area contributed by atoms with Crippen LogP contribution in [0.3, 0.4) is 0 Å². The lowest BCUT2D eigenvalue weighted by Crippen LogP contribution is -2.16. The molecule has 0 atom stereocenters. The smallest absolute Gasteiger partial charge is 0.489 e. The number of alkyl halides is 6. The van der Waals surface area contributed by atoms with Gasteiger partial charge in [-0.05, 0) is 48.5 Å². The third-order valence-corrected chi connectivity index (χ3v) is 3.33. The van der Waals surface area contributed by atoms with E-state index in [1.165, 1.54) is 6.07 Å². The molecule has 0 aliphatic rings. The Morgan fingerprint density at radius 1 is 0.857 bits per heavy atom. The zero-order valence-electron chi connectivity index (χ0n) is 13.6. The fraction of sp³-hybridized carbons (Fsp3) is 0.176. The van der Waals surface area contributed by atoms with Crippen molar-refractivity contribution in [1.82, 2.24) is 0 Å². The molecule has 0 spiro atoms. The van der Waals surface area contributed by atoms with Crippen molar-refractivity contribution in [2.75, 3.05) is 6.61 Å². The Bertz CT molecular complexity index is 828. The van der Waals surface area contributed by atoms with Crippen LogP contribution in [-0.4, -0.2) is 13.0 Å². The molecule has 2 rings (SSSR count). The topological polar surface area (TPSA) is 27.7 Å². The summed E-state index contributed by atoms with van der Waals surface area (Å²) in [4.78, 5) is 0. The zero-order valence-corrected chi connectivity index (χ0v) is 15.1. The molecule has 152 valence electrons. The molecule has 0 saturated carbocycles. The number of benzene rings is 2. The van der Waals surface area contributed by atoms with Gasteiger partial charge in [-0.1, -0.05) is 23.2 Å². The van der Waals surface area contributed by atoms with E-state index in [9.17, 15) is 26.3 Å². The molecule has 28 heavy (non-hydrogen) atoms. The van der Waals surface area contributed by atoms with E-state index in [0.717, 1.165) is 36.4 Å². The molecule has 0 N–H and O–H groups in total. The van der Waals surface area contributed by atoms with Crippen LogP contribution in [-0.2, 0) is 6.18 Å². The Balaban J connectivity index is 2.18. The number of hydrogen-bond donors (Lipinski definition) is 0. The summed E-state index contributed by atoms with van der Waals surface area (Å²) in [5, 5.41) is 0. The van der Waals surface area contributed by atoms with Gasteiger partial charge in [-0.15, -0.1) is 13.2 Å². The van der Waals surface area contributed by atoms with Gasteiger partial charge in [0.15, 0.2) is 0 Å². The van der Waals surface area contributed by atoms with E-state index in [4.69, 9.17) is 32.7 Å². The summed E-state index contributed by atoms with van der Waals surface area (Å²) in [5.74, 6) is -1.16. The lowest BCUT2D eigenvalue weighted by Gasteiger charge is -2.15. The second-order valence-corrected chi connectivity index (χ2v) is 6.09. The zero-order chi connectivity index (χ0) is 20.9. The fourth-order valence-corrected chi connectivity index (χ4v) is 2.09. The predicted molar refractivity (Wildman–Crippen MR) is 89.9 cm³/mol. The molecule has 0 unspecified atom stereocenters. The molecule has 0 aromatic heterocycles. The van der Waals surface area contributed by atoms with E-state index in [-0.39, 0.29) is 22.6 Å². The minimum atomic E-state index is -4.86. The van der Waals surface area contributed by atoms with Crippen LogP contribution in [0, 0.1) is 0 Å². The van der Waals surface area contributed by atoms with Crippen LogP contribution in [0.2, 0.25) is 0 Å². The van der Waals surface area contributed by atoms with E-state index in [1.807, 2.05) is 0 Å². The van der Waals surface area contributed by atoms with Crippen LogP contribution in [0.25, 0.3) is 0 Å². The van der Waals surface area contributed by atoms with Crippen LogP contribution >= 0.6 is 23.2 Å². The van der Waals surface area contributed by atoms with Crippen molar-refractivity contribution < 1.29 is 40.6 Å². The van der Waals surface area contributed by atoms with Crippen LogP contribution in [0.1, 0.15) is 5.56 Å². The standard InChI is InChI=1S/C17H10Cl2F6O3/c18-15(19)7-8-26-14-6-5-12(9-13(14)16(20,21)22)27-10-1-3-11(4-2-10)28-17(23,24)25/h1-7,9H,8H2. The van der Waals surface area contributed by atoms with Crippen molar-refractivity contribution >= 4 is 23.2 Å². The summed E-state index contributed by atoms with van der Waals surface area (Å²) in [6, 6.07) is 7.10. The maximum atomic E-state index is 13.2. The summed E-state index contributed by atoms with van der Waals surface area (Å²) < 4.78 is 89.9. The Kier molecular flexibility index (Phi) is 6.95. The lowest BCUT2D eigenvalue weighted by molar-refractivity contribution is -0.274. The highest BCUT2D eigenvalue weighted by molar-refractivity contribution is 6.55. The maximum Gasteiger partial charge on any atom is 0.573 e. The molecule has 2 aromatic rings. The van der Waals surface area contributed by atoms with Crippen molar-refractivity contribution in [2.45, 2.75) is 12.5 Å². The Morgan fingerprint density at radius 2 is 1.43 bits per heavy atom. The second kappa shape index (κ2) is 8.83. The maximum absolute atomic E-state index is 13.2. The normalized spacial score (nSPS) is 11.7. The minimum Gasteiger partial charge on any atom is -0.489 e. The monoisotopic (exact) mass is 446 g/mol. The molecule has 0 bridgehead atoms. The first-order valence-corrected chi connectivity index (χ1v) is 8.08. The number of halogens is 8. The van der Waals surface area contributed by atoms with Gasteiger partial charge in [0.05, 0.1) is 0 Å². The summed E-state index contributed by atoms with van der Waals surface area (Å²) in [6.07, 6.45) is -8.44. The third-order valence-electron chi connectivity index (χ3n) is 3.03. The van der Waals surface area contributed by atoms with Crippen LogP contribution in [0.5, 0.6) is 23.0 Å². The van der Waals surface area contributed by atoms with Crippen molar-refractivity contribution in [2.24, 2.45) is 0 Å². The van der Waals surface area contributed by atoms with E-state index < -0.39 is 29.6 Å². The van der Waals surface area contributed by atoms with Gasteiger partial charge in [-0.25, -0.2) is 0 Å². The minimum absolute atomic E-state index is 0.00757. The van der Waals surface area contributed by atoms with Crippen molar-refractivity contribution in [1.29, 1.82) is 0 Å². The predicted octanol–water partition coefficient (Wildman–Crippen LogP) is 7.09. The number of ether oxygens (including phenoxy) is 3. The quantitative estimate of drug-likeness (QED) is 0.443. The fourth-order valence-electron chi connectivity index (χ4n) is 1.96. The van der Waals surface area contributed by atoms with Gasteiger partial charge in [-0.3, -0.25) is 0 Å². The van der Waals surface area contributed by atoms with E-state index in [2.05, 4.69) is 4.74 Å². The molecule has 0 radical (unpaired) electrons. The molecule has 0 saturated heterocycles. The van der Waals surface area contributed by atoms with Gasteiger partial charge < -0.3 is 14.2 Å². The van der Waals surface area contributed by atoms with Crippen LogP contribution in [0.4, 0.5) is 26.3 Å². The van der Waals surface area contributed by atoms with Crippen molar-refractivity contribution in [3.05, 3.63) is 58.6 Å². The summed E-state index contributed by atoms with van der Waals surface area (Å²) in [6.45, 7) is -0.285. The molecular formula is C17H10Cl2F6O3.